The van der Waals surface area contributed by atoms with E-state index in [0.29, 0.717) is 12.6 Å². The molecular weight excluding hydrogens is 396 g/mol. The van der Waals surface area contributed by atoms with Crippen LogP contribution in [-0.2, 0) is 4.79 Å². The Kier molecular flexibility index (Phi) is 7.78. The van der Waals surface area contributed by atoms with Gasteiger partial charge < -0.3 is 15.4 Å². The van der Waals surface area contributed by atoms with Gasteiger partial charge in [-0.15, -0.1) is 0 Å². The van der Waals surface area contributed by atoms with Gasteiger partial charge in [0.2, 0.25) is 5.91 Å². The summed E-state index contributed by atoms with van der Waals surface area (Å²) in [6.45, 7) is 3.64. The highest BCUT2D eigenvalue weighted by molar-refractivity contribution is 5.88. The summed E-state index contributed by atoms with van der Waals surface area (Å²) in [5, 5.41) is 8.95. The van der Waals surface area contributed by atoms with Gasteiger partial charge >= 0.3 is 0 Å². The molecule has 3 aromatic rings. The van der Waals surface area contributed by atoms with E-state index in [2.05, 4.69) is 28.8 Å². The maximum absolute atomic E-state index is 12.6. The number of fused-ring (bicyclic) bond motifs is 1. The number of carbonyl (C=O) groups excluding carboxylic acids is 1. The lowest BCUT2D eigenvalue weighted by molar-refractivity contribution is -0.122. The molecule has 168 valence electrons. The highest BCUT2D eigenvalue weighted by Crippen LogP contribution is 2.30. The van der Waals surface area contributed by atoms with Gasteiger partial charge in [-0.2, -0.15) is 0 Å². The minimum atomic E-state index is -0.187. The maximum Gasteiger partial charge on any atom is 0.227 e. The molecule has 1 fully saturated rings. The zero-order valence-electron chi connectivity index (χ0n) is 19.0. The van der Waals surface area contributed by atoms with Crippen LogP contribution in [0.15, 0.2) is 66.7 Å². The highest BCUT2D eigenvalue weighted by atomic mass is 16.5. The summed E-state index contributed by atoms with van der Waals surface area (Å²) in [7, 11) is 0. The fourth-order valence-electron chi connectivity index (χ4n) is 4.45. The molecule has 1 aliphatic rings. The van der Waals surface area contributed by atoms with Crippen molar-refractivity contribution in [2.24, 2.45) is 0 Å². The first-order valence-electron chi connectivity index (χ1n) is 12.0. The summed E-state index contributed by atoms with van der Waals surface area (Å²) in [5.74, 6) is 1.49. The second kappa shape index (κ2) is 11.1. The molecule has 1 aliphatic carbocycles. The Labute approximate surface area is 191 Å². The quantitative estimate of drug-likeness (QED) is 0.400. The van der Waals surface area contributed by atoms with Gasteiger partial charge in [-0.25, -0.2) is 0 Å². The Balaban J connectivity index is 1.25. The third-order valence-electron chi connectivity index (χ3n) is 6.44. The van der Waals surface area contributed by atoms with Crippen molar-refractivity contribution in [2.75, 3.05) is 13.1 Å². The molecule has 1 amide bonds. The minimum absolute atomic E-state index is 0.0744. The Bertz CT molecular complexity index is 1000. The molecule has 2 N–H and O–H groups in total. The van der Waals surface area contributed by atoms with Crippen LogP contribution in [0.4, 0.5) is 0 Å². The molecule has 32 heavy (non-hydrogen) atoms. The van der Waals surface area contributed by atoms with Crippen molar-refractivity contribution in [1.82, 2.24) is 10.6 Å². The Morgan fingerprint density at radius 2 is 1.69 bits per heavy atom. The fraction of sp³-hybridized carbons (Fsp3) is 0.393. The van der Waals surface area contributed by atoms with Crippen molar-refractivity contribution in [1.29, 1.82) is 0 Å². The Hall–Kier alpha value is -2.85. The second-order valence-corrected chi connectivity index (χ2v) is 8.80. The molecule has 1 atom stereocenters. The smallest absolute Gasteiger partial charge is 0.227 e. The molecule has 3 aromatic carbocycles. The maximum atomic E-state index is 12.6. The van der Waals surface area contributed by atoms with Crippen LogP contribution >= 0.6 is 0 Å². The minimum Gasteiger partial charge on any atom is -0.457 e. The molecule has 1 saturated carbocycles. The normalized spacial score (nSPS) is 15.4. The van der Waals surface area contributed by atoms with E-state index in [1.807, 2.05) is 55.5 Å². The second-order valence-electron chi connectivity index (χ2n) is 8.80. The highest BCUT2D eigenvalue weighted by Gasteiger charge is 2.15. The zero-order chi connectivity index (χ0) is 22.2. The third kappa shape index (κ3) is 5.89. The Morgan fingerprint density at radius 1 is 0.938 bits per heavy atom. The van der Waals surface area contributed by atoms with E-state index in [0.717, 1.165) is 40.8 Å². The van der Waals surface area contributed by atoms with Crippen LogP contribution in [0.2, 0.25) is 0 Å². The number of hydrogen-bond donors (Lipinski definition) is 2. The van der Waals surface area contributed by atoms with Crippen LogP contribution in [0.3, 0.4) is 0 Å². The molecule has 0 heterocycles. The average Bonchev–Trinajstić information content (AvgIpc) is 2.84. The molecule has 4 nitrogen and oxygen atoms in total. The van der Waals surface area contributed by atoms with Crippen molar-refractivity contribution in [3.05, 3.63) is 72.3 Å². The predicted octanol–water partition coefficient (Wildman–Crippen LogP) is 6.16. The van der Waals surface area contributed by atoms with E-state index >= 15 is 0 Å². The standard InChI is InChI=1S/C28H34N2O2/c1-21(28(31)30-20-8-19-29-24-11-3-2-4-12-24)22-15-17-25(18-16-22)32-27-14-7-10-23-9-5-6-13-26(23)27/h5-7,9-10,13-18,21,24,29H,2-4,8,11-12,19-20H2,1H3,(H,30,31). The number of amides is 1. The van der Waals surface area contributed by atoms with Gasteiger partial charge in [-0.3, -0.25) is 4.79 Å². The van der Waals surface area contributed by atoms with Gasteiger partial charge in [-0.1, -0.05) is 67.8 Å². The monoisotopic (exact) mass is 430 g/mol. The number of nitrogens with one attached hydrogen (secondary N) is 2. The average molecular weight is 431 g/mol. The molecule has 1 unspecified atom stereocenters. The van der Waals surface area contributed by atoms with Crippen molar-refractivity contribution in [3.63, 3.8) is 0 Å². The van der Waals surface area contributed by atoms with Gasteiger partial charge in [0.25, 0.3) is 0 Å². The first-order chi connectivity index (χ1) is 15.7. The molecule has 4 heteroatoms. The van der Waals surface area contributed by atoms with Crippen LogP contribution in [0.25, 0.3) is 10.8 Å². The van der Waals surface area contributed by atoms with E-state index in [9.17, 15) is 4.79 Å². The molecule has 0 spiro atoms. The van der Waals surface area contributed by atoms with Gasteiger partial charge in [0, 0.05) is 18.0 Å². The van der Waals surface area contributed by atoms with Gasteiger partial charge in [-0.05, 0) is 61.9 Å². The largest absolute Gasteiger partial charge is 0.457 e. The third-order valence-corrected chi connectivity index (χ3v) is 6.44. The summed E-state index contributed by atoms with van der Waals surface area (Å²) in [4.78, 5) is 12.6. The van der Waals surface area contributed by atoms with Gasteiger partial charge in [0.1, 0.15) is 11.5 Å². The fourth-order valence-corrected chi connectivity index (χ4v) is 4.45. The molecule has 0 aliphatic heterocycles. The molecule has 0 aromatic heterocycles. The van der Waals surface area contributed by atoms with Gasteiger partial charge in [0.15, 0.2) is 0 Å². The van der Waals surface area contributed by atoms with Crippen molar-refractivity contribution < 1.29 is 9.53 Å². The first-order valence-corrected chi connectivity index (χ1v) is 12.0. The van der Waals surface area contributed by atoms with Crippen LogP contribution < -0.4 is 15.4 Å². The summed E-state index contributed by atoms with van der Waals surface area (Å²) in [6, 6.07) is 22.8. The summed E-state index contributed by atoms with van der Waals surface area (Å²) >= 11 is 0. The van der Waals surface area contributed by atoms with Crippen LogP contribution in [0.5, 0.6) is 11.5 Å². The molecule has 0 bridgehead atoms. The van der Waals surface area contributed by atoms with E-state index in [1.165, 1.54) is 32.1 Å². The molecule has 0 radical (unpaired) electrons. The summed E-state index contributed by atoms with van der Waals surface area (Å²) in [6.07, 6.45) is 7.62. The first kappa shape index (κ1) is 22.3. The predicted molar refractivity (Wildman–Crippen MR) is 131 cm³/mol. The number of rotatable bonds is 9. The number of hydrogen-bond acceptors (Lipinski definition) is 3. The number of benzene rings is 3. The lowest BCUT2D eigenvalue weighted by Crippen LogP contribution is -2.34. The lowest BCUT2D eigenvalue weighted by atomic mass is 9.95. The van der Waals surface area contributed by atoms with E-state index in [4.69, 9.17) is 4.74 Å². The molecule has 0 saturated heterocycles. The van der Waals surface area contributed by atoms with Crippen LogP contribution in [-0.4, -0.2) is 25.0 Å². The van der Waals surface area contributed by atoms with Crippen LogP contribution in [0.1, 0.15) is 56.9 Å². The topological polar surface area (TPSA) is 50.4 Å². The van der Waals surface area contributed by atoms with Crippen molar-refractivity contribution in [2.45, 2.75) is 57.4 Å². The summed E-state index contributed by atoms with van der Waals surface area (Å²) in [5.41, 5.74) is 0.994. The molecular formula is C28H34N2O2. The zero-order valence-corrected chi connectivity index (χ0v) is 19.0. The Morgan fingerprint density at radius 3 is 2.50 bits per heavy atom. The molecule has 4 rings (SSSR count). The van der Waals surface area contributed by atoms with Crippen LogP contribution in [0, 0.1) is 0 Å². The number of carbonyl (C=O) groups is 1. The van der Waals surface area contributed by atoms with E-state index < -0.39 is 0 Å². The van der Waals surface area contributed by atoms with Crippen molar-refractivity contribution >= 4 is 16.7 Å². The van der Waals surface area contributed by atoms with Gasteiger partial charge in [0.05, 0.1) is 5.92 Å². The van der Waals surface area contributed by atoms with Crippen molar-refractivity contribution in [3.8, 4) is 11.5 Å². The van der Waals surface area contributed by atoms with E-state index in [-0.39, 0.29) is 11.8 Å². The number of ether oxygens (including phenoxy) is 1. The SMILES string of the molecule is CC(C(=O)NCCCNC1CCCCC1)c1ccc(Oc2cccc3ccccc23)cc1. The lowest BCUT2D eigenvalue weighted by Gasteiger charge is -2.22. The summed E-state index contributed by atoms with van der Waals surface area (Å²) < 4.78 is 6.12. The van der Waals surface area contributed by atoms with E-state index in [1.54, 1.807) is 0 Å².